The van der Waals surface area contributed by atoms with E-state index in [1.807, 2.05) is 0 Å². The highest BCUT2D eigenvalue weighted by atomic mass is 16.4. The molecule has 148 valence electrons. The number of furan rings is 1. The average molecular weight is 380 g/mol. The van der Waals surface area contributed by atoms with Crippen molar-refractivity contribution in [1.29, 1.82) is 0 Å². The number of benzene rings is 1. The summed E-state index contributed by atoms with van der Waals surface area (Å²) >= 11 is 0. The van der Waals surface area contributed by atoms with Crippen molar-refractivity contribution in [2.75, 3.05) is 0 Å². The first kappa shape index (κ1) is 18.3. The van der Waals surface area contributed by atoms with E-state index in [2.05, 4.69) is 43.7 Å². The van der Waals surface area contributed by atoms with Gasteiger partial charge in [0.1, 0.15) is 11.3 Å². The molecule has 6 heteroatoms. The van der Waals surface area contributed by atoms with Gasteiger partial charge in [-0.05, 0) is 48.5 Å². The molecule has 0 amide bonds. The summed E-state index contributed by atoms with van der Waals surface area (Å²) in [6.45, 7) is 9.49. The van der Waals surface area contributed by atoms with Crippen LogP contribution in [0.15, 0.2) is 16.8 Å². The molecule has 5 nitrogen and oxygen atoms in total. The third kappa shape index (κ3) is 2.31. The standard InChI is InChI=1S/C22H29BN2O3/c1-12-6-7-15-21(2,3)8-5-9-22(15,4)16-13-10-14-18(25-11-24-14)17(23(26)27)20(13)28-19(12)16/h10-12,15,26-27H,5-9H2,1-4H3,(H,24,25)/t12?,15-,22-/m1/s1. The predicted molar refractivity (Wildman–Crippen MR) is 112 cm³/mol. The minimum Gasteiger partial charge on any atom is -0.461 e. The maximum Gasteiger partial charge on any atom is 0.494 e. The molecule has 2 heterocycles. The van der Waals surface area contributed by atoms with Gasteiger partial charge in [-0.2, -0.15) is 0 Å². The Hall–Kier alpha value is -1.79. The Balaban J connectivity index is 1.89. The van der Waals surface area contributed by atoms with Crippen molar-refractivity contribution in [3.63, 3.8) is 0 Å². The van der Waals surface area contributed by atoms with Gasteiger partial charge in [-0.3, -0.25) is 0 Å². The molecule has 1 fully saturated rings. The van der Waals surface area contributed by atoms with Crippen LogP contribution in [0.3, 0.4) is 0 Å². The Morgan fingerprint density at radius 2 is 2.00 bits per heavy atom. The number of H-pyrrole nitrogens is 1. The molecule has 1 aromatic carbocycles. The molecule has 5 rings (SSSR count). The molecule has 1 unspecified atom stereocenters. The first-order valence-corrected chi connectivity index (χ1v) is 10.5. The van der Waals surface area contributed by atoms with E-state index in [1.165, 1.54) is 24.8 Å². The predicted octanol–water partition coefficient (Wildman–Crippen LogP) is 3.97. The summed E-state index contributed by atoms with van der Waals surface area (Å²) < 4.78 is 6.47. The Morgan fingerprint density at radius 1 is 1.21 bits per heavy atom. The molecule has 0 bridgehead atoms. The maximum atomic E-state index is 10.1. The number of rotatable bonds is 1. The average Bonchev–Trinajstić information content (AvgIpc) is 3.19. The lowest BCUT2D eigenvalue weighted by Gasteiger charge is -2.50. The number of nitrogens with zero attached hydrogens (tertiary/aromatic N) is 1. The van der Waals surface area contributed by atoms with Crippen LogP contribution in [0.2, 0.25) is 0 Å². The van der Waals surface area contributed by atoms with E-state index < -0.39 is 7.12 Å². The van der Waals surface area contributed by atoms with E-state index in [0.29, 0.717) is 28.4 Å². The number of hydrogen-bond donors (Lipinski definition) is 3. The molecule has 3 atom stereocenters. The second-order valence-electron chi connectivity index (χ2n) is 9.97. The lowest BCUT2D eigenvalue weighted by molar-refractivity contribution is 0.0504. The van der Waals surface area contributed by atoms with Crippen molar-refractivity contribution in [2.24, 2.45) is 11.3 Å². The number of fused-ring (bicyclic) bond motifs is 6. The van der Waals surface area contributed by atoms with Crippen molar-refractivity contribution >= 4 is 34.6 Å². The lowest BCUT2D eigenvalue weighted by atomic mass is 9.53. The monoisotopic (exact) mass is 380 g/mol. The second-order valence-corrected chi connectivity index (χ2v) is 9.97. The summed E-state index contributed by atoms with van der Waals surface area (Å²) in [4.78, 5) is 7.47. The van der Waals surface area contributed by atoms with Crippen LogP contribution >= 0.6 is 0 Å². The topological polar surface area (TPSA) is 82.3 Å². The highest BCUT2D eigenvalue weighted by Gasteiger charge is 2.51. The van der Waals surface area contributed by atoms with Crippen LogP contribution in [0.1, 0.15) is 77.0 Å². The minimum absolute atomic E-state index is 0.0226. The Morgan fingerprint density at radius 3 is 2.75 bits per heavy atom. The summed E-state index contributed by atoms with van der Waals surface area (Å²) in [6.07, 6.45) is 7.52. The first-order chi connectivity index (χ1) is 13.2. The smallest absolute Gasteiger partial charge is 0.461 e. The van der Waals surface area contributed by atoms with E-state index in [0.717, 1.165) is 29.5 Å². The third-order valence-corrected chi connectivity index (χ3v) is 7.83. The van der Waals surface area contributed by atoms with E-state index in [1.54, 1.807) is 6.33 Å². The Bertz CT molecular complexity index is 1070. The molecular weight excluding hydrogens is 351 g/mol. The van der Waals surface area contributed by atoms with Crippen LogP contribution in [0.4, 0.5) is 0 Å². The largest absolute Gasteiger partial charge is 0.494 e. The van der Waals surface area contributed by atoms with E-state index in [4.69, 9.17) is 4.42 Å². The number of imidazole rings is 1. The fourth-order valence-electron chi connectivity index (χ4n) is 6.54. The molecule has 0 saturated heterocycles. The Labute approximate surface area is 165 Å². The van der Waals surface area contributed by atoms with Crippen LogP contribution in [-0.2, 0) is 5.41 Å². The zero-order chi connectivity index (χ0) is 19.8. The second kappa shape index (κ2) is 5.86. The normalized spacial score (nSPS) is 29.5. The zero-order valence-corrected chi connectivity index (χ0v) is 17.2. The van der Waals surface area contributed by atoms with Crippen molar-refractivity contribution in [2.45, 2.75) is 71.1 Å². The number of aromatic nitrogens is 2. The van der Waals surface area contributed by atoms with E-state index in [-0.39, 0.29) is 10.8 Å². The zero-order valence-electron chi connectivity index (χ0n) is 17.2. The van der Waals surface area contributed by atoms with Gasteiger partial charge in [0.05, 0.1) is 22.8 Å². The number of aromatic amines is 1. The number of hydrogen-bond acceptors (Lipinski definition) is 4. The van der Waals surface area contributed by atoms with Crippen LogP contribution in [-0.4, -0.2) is 27.1 Å². The highest BCUT2D eigenvalue weighted by Crippen LogP contribution is 2.59. The molecule has 3 N–H and O–H groups in total. The van der Waals surface area contributed by atoms with Gasteiger partial charge >= 0.3 is 7.12 Å². The van der Waals surface area contributed by atoms with Gasteiger partial charge in [0.2, 0.25) is 0 Å². The molecule has 0 radical (unpaired) electrons. The molecule has 2 aliphatic rings. The molecule has 28 heavy (non-hydrogen) atoms. The molecule has 2 aliphatic carbocycles. The van der Waals surface area contributed by atoms with Crippen molar-refractivity contribution in [1.82, 2.24) is 9.97 Å². The summed E-state index contributed by atoms with van der Waals surface area (Å²) in [6, 6.07) is 2.08. The number of nitrogens with one attached hydrogen (secondary N) is 1. The van der Waals surface area contributed by atoms with Gasteiger partial charge < -0.3 is 19.4 Å². The Kier molecular flexibility index (Phi) is 3.82. The van der Waals surface area contributed by atoms with Gasteiger partial charge in [-0.15, -0.1) is 0 Å². The molecule has 0 spiro atoms. The van der Waals surface area contributed by atoms with Crippen LogP contribution in [0.5, 0.6) is 0 Å². The maximum absolute atomic E-state index is 10.1. The highest BCUT2D eigenvalue weighted by molar-refractivity contribution is 6.64. The fourth-order valence-corrected chi connectivity index (χ4v) is 6.54. The first-order valence-electron chi connectivity index (χ1n) is 10.5. The summed E-state index contributed by atoms with van der Waals surface area (Å²) in [7, 11) is -1.61. The summed E-state index contributed by atoms with van der Waals surface area (Å²) in [5, 5.41) is 21.3. The van der Waals surface area contributed by atoms with Gasteiger partial charge in [-0.25, -0.2) is 4.98 Å². The van der Waals surface area contributed by atoms with Crippen molar-refractivity contribution in [3.8, 4) is 0 Å². The minimum atomic E-state index is -1.61. The van der Waals surface area contributed by atoms with E-state index in [9.17, 15) is 10.0 Å². The fraction of sp³-hybridized carbons (Fsp3) is 0.591. The molecule has 0 aliphatic heterocycles. The lowest BCUT2D eigenvalue weighted by Crippen LogP contribution is -2.44. The van der Waals surface area contributed by atoms with Gasteiger partial charge in [-0.1, -0.05) is 34.1 Å². The quantitative estimate of drug-likeness (QED) is 0.558. The molecular formula is C22H29BN2O3. The third-order valence-electron chi connectivity index (χ3n) is 7.83. The summed E-state index contributed by atoms with van der Waals surface area (Å²) in [5.74, 6) is 1.93. The summed E-state index contributed by atoms with van der Waals surface area (Å²) in [5.41, 5.74) is 4.00. The van der Waals surface area contributed by atoms with Crippen molar-refractivity contribution < 1.29 is 14.5 Å². The molecule has 3 aromatic rings. The van der Waals surface area contributed by atoms with Crippen LogP contribution in [0, 0.1) is 11.3 Å². The molecule has 1 saturated carbocycles. The van der Waals surface area contributed by atoms with Gasteiger partial charge in [0, 0.05) is 16.9 Å². The SMILES string of the molecule is CC1CC[C@@H]2C(C)(C)CCC[C@@]2(C)c2c1oc1c(B(O)O)c3[nH]cnc3cc21. The van der Waals surface area contributed by atoms with Crippen LogP contribution in [0.25, 0.3) is 22.0 Å². The van der Waals surface area contributed by atoms with E-state index >= 15 is 0 Å². The molecule has 2 aromatic heterocycles. The van der Waals surface area contributed by atoms with Crippen molar-refractivity contribution in [3.05, 3.63) is 23.7 Å². The van der Waals surface area contributed by atoms with Gasteiger partial charge in [0.25, 0.3) is 0 Å². The van der Waals surface area contributed by atoms with Gasteiger partial charge in [0.15, 0.2) is 0 Å². The van der Waals surface area contributed by atoms with Crippen LogP contribution < -0.4 is 5.46 Å².